The number of anilines is 1. The van der Waals surface area contributed by atoms with E-state index in [-0.39, 0.29) is 0 Å². The summed E-state index contributed by atoms with van der Waals surface area (Å²) in [6.07, 6.45) is 0. The summed E-state index contributed by atoms with van der Waals surface area (Å²) >= 11 is 17.9. The number of benzene rings is 3. The van der Waals surface area contributed by atoms with Crippen LogP contribution in [0, 0.1) is 6.92 Å². The third kappa shape index (κ3) is 5.70. The molecule has 0 bridgehead atoms. The number of nitrogens with zero attached hydrogens (tertiary/aromatic N) is 1. The summed E-state index contributed by atoms with van der Waals surface area (Å²) in [6.45, 7) is 3.41. The topological polar surface area (TPSA) is 15.3 Å². The van der Waals surface area contributed by atoms with Crippen LogP contribution in [0.5, 0.6) is 0 Å². The Bertz CT molecular complexity index is 911. The van der Waals surface area contributed by atoms with Crippen LogP contribution in [0.3, 0.4) is 0 Å². The molecule has 0 amide bonds. The third-order valence-corrected chi connectivity index (χ3v) is 5.08. The average Bonchev–Trinajstić information content (AvgIpc) is 2.66. The highest BCUT2D eigenvalue weighted by molar-refractivity contribution is 7.80. The van der Waals surface area contributed by atoms with Gasteiger partial charge in [0.25, 0.3) is 0 Å². The third-order valence-electron chi connectivity index (χ3n) is 4.23. The second-order valence-corrected chi connectivity index (χ2v) is 7.62. The van der Waals surface area contributed by atoms with Crippen molar-refractivity contribution in [2.45, 2.75) is 20.0 Å². The van der Waals surface area contributed by atoms with E-state index in [1.165, 1.54) is 5.56 Å². The monoisotopic (exact) mass is 414 g/mol. The van der Waals surface area contributed by atoms with Crippen molar-refractivity contribution in [3.8, 4) is 0 Å². The van der Waals surface area contributed by atoms with Gasteiger partial charge >= 0.3 is 0 Å². The van der Waals surface area contributed by atoms with Crippen molar-refractivity contribution < 1.29 is 0 Å². The molecule has 27 heavy (non-hydrogen) atoms. The Morgan fingerprint density at radius 2 is 1.44 bits per heavy atom. The van der Waals surface area contributed by atoms with Crippen molar-refractivity contribution in [2.24, 2.45) is 0 Å². The maximum atomic E-state index is 6.14. The molecule has 3 aromatic carbocycles. The van der Waals surface area contributed by atoms with Gasteiger partial charge in [0.15, 0.2) is 5.11 Å². The lowest BCUT2D eigenvalue weighted by molar-refractivity contribution is 0.413. The molecule has 0 aliphatic carbocycles. The molecule has 0 heterocycles. The molecular formula is C22H20Cl2N2S. The summed E-state index contributed by atoms with van der Waals surface area (Å²) in [6, 6.07) is 23.9. The molecule has 5 heteroatoms. The van der Waals surface area contributed by atoms with Crippen LogP contribution in [0.15, 0.2) is 72.8 Å². The number of hydrogen-bond donors (Lipinski definition) is 1. The van der Waals surface area contributed by atoms with Gasteiger partial charge in [0.2, 0.25) is 0 Å². The average molecular weight is 415 g/mol. The van der Waals surface area contributed by atoms with E-state index in [2.05, 4.69) is 22.3 Å². The summed E-state index contributed by atoms with van der Waals surface area (Å²) in [7, 11) is 0. The fourth-order valence-electron chi connectivity index (χ4n) is 2.74. The zero-order valence-electron chi connectivity index (χ0n) is 15.0. The summed E-state index contributed by atoms with van der Waals surface area (Å²) < 4.78 is 0. The first kappa shape index (κ1) is 19.7. The van der Waals surface area contributed by atoms with Gasteiger partial charge in [0.05, 0.1) is 0 Å². The lowest BCUT2D eigenvalue weighted by atomic mass is 10.1. The summed E-state index contributed by atoms with van der Waals surface area (Å²) in [4.78, 5) is 2.13. The minimum atomic E-state index is 0.652. The molecule has 1 N–H and O–H groups in total. The van der Waals surface area contributed by atoms with Crippen LogP contribution in [0.25, 0.3) is 0 Å². The second-order valence-electron chi connectivity index (χ2n) is 6.36. The molecule has 0 unspecified atom stereocenters. The standard InChI is InChI=1S/C22H20Cl2N2S/c1-16-7-10-20(24)13-21(16)25-22(27)26(14-17-5-3-2-4-6-17)15-18-8-11-19(23)12-9-18/h2-13H,14-15H2,1H3,(H,25,27). The lowest BCUT2D eigenvalue weighted by Gasteiger charge is -2.27. The molecule has 0 atom stereocenters. The predicted molar refractivity (Wildman–Crippen MR) is 120 cm³/mol. The van der Waals surface area contributed by atoms with Gasteiger partial charge in [-0.3, -0.25) is 0 Å². The highest BCUT2D eigenvalue weighted by Gasteiger charge is 2.13. The molecule has 138 valence electrons. The van der Waals surface area contributed by atoms with Crippen LogP contribution < -0.4 is 5.32 Å². The number of halogens is 2. The smallest absolute Gasteiger partial charge is 0.174 e. The number of aryl methyl sites for hydroxylation is 1. The fraction of sp³-hybridized carbons (Fsp3) is 0.136. The molecule has 0 aliphatic rings. The molecule has 3 aromatic rings. The van der Waals surface area contributed by atoms with Gasteiger partial charge in [0, 0.05) is 28.8 Å². The molecule has 3 rings (SSSR count). The number of rotatable bonds is 5. The predicted octanol–water partition coefficient (Wildman–Crippen LogP) is 6.70. The van der Waals surface area contributed by atoms with Crippen LogP contribution in [-0.2, 0) is 13.1 Å². The van der Waals surface area contributed by atoms with E-state index in [0.29, 0.717) is 23.2 Å². The van der Waals surface area contributed by atoms with Crippen molar-refractivity contribution in [3.05, 3.63) is 99.5 Å². The Labute approximate surface area is 175 Å². The zero-order chi connectivity index (χ0) is 19.2. The van der Waals surface area contributed by atoms with E-state index in [1.807, 2.05) is 67.6 Å². The fourth-order valence-corrected chi connectivity index (χ4v) is 3.27. The molecule has 0 radical (unpaired) electrons. The molecule has 0 spiro atoms. The Morgan fingerprint density at radius 1 is 0.852 bits per heavy atom. The Kier molecular flexibility index (Phi) is 6.73. The highest BCUT2D eigenvalue weighted by atomic mass is 35.5. The van der Waals surface area contributed by atoms with Crippen LogP contribution >= 0.6 is 35.4 Å². The van der Waals surface area contributed by atoms with Crippen LogP contribution in [-0.4, -0.2) is 10.0 Å². The van der Waals surface area contributed by atoms with Gasteiger partial charge in [0.1, 0.15) is 0 Å². The van der Waals surface area contributed by atoms with Gasteiger partial charge in [-0.1, -0.05) is 71.7 Å². The minimum Gasteiger partial charge on any atom is -0.340 e. The van der Waals surface area contributed by atoms with E-state index in [4.69, 9.17) is 35.4 Å². The number of nitrogens with one attached hydrogen (secondary N) is 1. The molecule has 0 saturated carbocycles. The van der Waals surface area contributed by atoms with Crippen LogP contribution in [0.2, 0.25) is 10.0 Å². The van der Waals surface area contributed by atoms with Gasteiger partial charge in [-0.25, -0.2) is 0 Å². The SMILES string of the molecule is Cc1ccc(Cl)cc1NC(=S)N(Cc1ccccc1)Cc1ccc(Cl)cc1. The van der Waals surface area contributed by atoms with Crippen LogP contribution in [0.4, 0.5) is 5.69 Å². The maximum absolute atomic E-state index is 6.14. The van der Waals surface area contributed by atoms with E-state index in [9.17, 15) is 0 Å². The van der Waals surface area contributed by atoms with Crippen molar-refractivity contribution in [2.75, 3.05) is 5.32 Å². The summed E-state index contributed by atoms with van der Waals surface area (Å²) in [5, 5.41) is 5.41. The van der Waals surface area contributed by atoms with E-state index in [1.54, 1.807) is 0 Å². The van der Waals surface area contributed by atoms with Crippen molar-refractivity contribution in [1.29, 1.82) is 0 Å². The maximum Gasteiger partial charge on any atom is 0.174 e. The van der Waals surface area contributed by atoms with Gasteiger partial charge < -0.3 is 10.2 Å². The summed E-state index contributed by atoms with van der Waals surface area (Å²) in [5.41, 5.74) is 4.34. The molecule has 0 aromatic heterocycles. The highest BCUT2D eigenvalue weighted by Crippen LogP contribution is 2.22. The second kappa shape index (κ2) is 9.23. The molecule has 2 nitrogen and oxygen atoms in total. The molecule has 0 fully saturated rings. The first-order chi connectivity index (χ1) is 13.0. The minimum absolute atomic E-state index is 0.652. The molecule has 0 saturated heterocycles. The van der Waals surface area contributed by atoms with Crippen LogP contribution in [0.1, 0.15) is 16.7 Å². The van der Waals surface area contributed by atoms with Gasteiger partial charge in [-0.15, -0.1) is 0 Å². The quantitative estimate of drug-likeness (QED) is 0.467. The lowest BCUT2D eigenvalue weighted by Crippen LogP contribution is -2.34. The Hall–Kier alpha value is -2.07. The van der Waals surface area contributed by atoms with E-state index >= 15 is 0 Å². The van der Waals surface area contributed by atoms with E-state index < -0.39 is 0 Å². The molecule has 0 aliphatic heterocycles. The Morgan fingerprint density at radius 3 is 2.11 bits per heavy atom. The van der Waals surface area contributed by atoms with Crippen molar-refractivity contribution >= 4 is 46.2 Å². The Balaban J connectivity index is 1.82. The number of hydrogen-bond acceptors (Lipinski definition) is 1. The molecular weight excluding hydrogens is 395 g/mol. The van der Waals surface area contributed by atoms with Crippen molar-refractivity contribution in [1.82, 2.24) is 4.90 Å². The zero-order valence-corrected chi connectivity index (χ0v) is 17.3. The van der Waals surface area contributed by atoms with E-state index in [0.717, 1.165) is 21.8 Å². The number of thiocarbonyl (C=S) groups is 1. The van der Waals surface area contributed by atoms with Gasteiger partial charge in [-0.2, -0.15) is 0 Å². The summed E-state index contributed by atoms with van der Waals surface area (Å²) in [5.74, 6) is 0. The first-order valence-corrected chi connectivity index (χ1v) is 9.78. The largest absolute Gasteiger partial charge is 0.340 e. The first-order valence-electron chi connectivity index (χ1n) is 8.62. The normalized spacial score (nSPS) is 10.5. The van der Waals surface area contributed by atoms with Crippen molar-refractivity contribution in [3.63, 3.8) is 0 Å². The van der Waals surface area contributed by atoms with Gasteiger partial charge in [-0.05, 0) is 60.1 Å².